The van der Waals surface area contributed by atoms with Crippen LogP contribution < -0.4 is 0 Å². The predicted molar refractivity (Wildman–Crippen MR) is 98.6 cm³/mol. The van der Waals surface area contributed by atoms with Gasteiger partial charge in [0.15, 0.2) is 0 Å². The van der Waals surface area contributed by atoms with Crippen molar-refractivity contribution in [2.75, 3.05) is 18.8 Å². The molecular formula is C20H23NO2S. The van der Waals surface area contributed by atoms with Crippen LogP contribution in [0.4, 0.5) is 0 Å². The van der Waals surface area contributed by atoms with Crippen LogP contribution in [0.15, 0.2) is 53.4 Å². The van der Waals surface area contributed by atoms with Gasteiger partial charge in [0, 0.05) is 18.0 Å². The van der Waals surface area contributed by atoms with Gasteiger partial charge in [-0.05, 0) is 55.0 Å². The summed E-state index contributed by atoms with van der Waals surface area (Å²) in [6.45, 7) is 3.72. The van der Waals surface area contributed by atoms with Crippen LogP contribution in [0.1, 0.15) is 29.9 Å². The van der Waals surface area contributed by atoms with Crippen LogP contribution in [0.5, 0.6) is 5.75 Å². The number of hydrogen-bond donors (Lipinski definition) is 1. The fourth-order valence-corrected chi connectivity index (χ4v) is 4.09. The van der Waals surface area contributed by atoms with Crippen molar-refractivity contribution in [3.05, 3.63) is 59.7 Å². The lowest BCUT2D eigenvalue weighted by Crippen LogP contribution is -2.38. The predicted octanol–water partition coefficient (Wildman–Crippen LogP) is 4.20. The van der Waals surface area contributed by atoms with E-state index in [1.54, 1.807) is 23.9 Å². The van der Waals surface area contributed by atoms with Crippen LogP contribution in [0.2, 0.25) is 0 Å². The van der Waals surface area contributed by atoms with Crippen molar-refractivity contribution in [1.29, 1.82) is 0 Å². The van der Waals surface area contributed by atoms with Gasteiger partial charge in [-0.3, -0.25) is 4.79 Å². The minimum Gasteiger partial charge on any atom is -0.508 e. The molecule has 0 unspecified atom stereocenters. The maximum absolute atomic E-state index is 12.4. The number of thioether (sulfide) groups is 1. The van der Waals surface area contributed by atoms with E-state index >= 15 is 0 Å². The lowest BCUT2D eigenvalue weighted by atomic mass is 9.89. The molecule has 1 N–H and O–H groups in total. The van der Waals surface area contributed by atoms with E-state index in [-0.39, 0.29) is 5.91 Å². The van der Waals surface area contributed by atoms with Crippen LogP contribution in [0.3, 0.4) is 0 Å². The van der Waals surface area contributed by atoms with Crippen molar-refractivity contribution < 1.29 is 9.90 Å². The summed E-state index contributed by atoms with van der Waals surface area (Å²) in [5.74, 6) is 1.53. The lowest BCUT2D eigenvalue weighted by molar-refractivity contribution is -0.129. The first-order chi connectivity index (χ1) is 11.6. The van der Waals surface area contributed by atoms with E-state index in [0.29, 0.717) is 17.4 Å². The Balaban J connectivity index is 1.50. The Labute approximate surface area is 147 Å². The smallest absolute Gasteiger partial charge is 0.232 e. The van der Waals surface area contributed by atoms with Gasteiger partial charge in [0.2, 0.25) is 5.91 Å². The summed E-state index contributed by atoms with van der Waals surface area (Å²) in [5, 5.41) is 9.39. The first kappa shape index (κ1) is 16.9. The van der Waals surface area contributed by atoms with E-state index in [0.717, 1.165) is 25.9 Å². The molecule has 1 fully saturated rings. The summed E-state index contributed by atoms with van der Waals surface area (Å²) in [5.41, 5.74) is 2.48. The van der Waals surface area contributed by atoms with Crippen molar-refractivity contribution in [1.82, 2.24) is 4.90 Å². The Kier molecular flexibility index (Phi) is 5.46. The van der Waals surface area contributed by atoms with E-state index in [2.05, 4.69) is 19.1 Å². The summed E-state index contributed by atoms with van der Waals surface area (Å²) < 4.78 is 0. The van der Waals surface area contributed by atoms with Crippen molar-refractivity contribution >= 4 is 17.7 Å². The number of piperidine rings is 1. The van der Waals surface area contributed by atoms with Crippen molar-refractivity contribution in [3.63, 3.8) is 0 Å². The average Bonchev–Trinajstić information content (AvgIpc) is 2.62. The number of rotatable bonds is 4. The molecule has 0 spiro atoms. The molecule has 0 bridgehead atoms. The highest BCUT2D eigenvalue weighted by molar-refractivity contribution is 8.00. The Hall–Kier alpha value is -1.94. The number of carbonyl (C=O) groups excluding carboxylic acids is 1. The minimum absolute atomic E-state index is 0.229. The van der Waals surface area contributed by atoms with Gasteiger partial charge in [0.1, 0.15) is 5.75 Å². The molecule has 1 heterocycles. The third kappa shape index (κ3) is 4.12. The number of aromatic hydroxyl groups is 1. The van der Waals surface area contributed by atoms with E-state index in [9.17, 15) is 9.90 Å². The molecule has 0 atom stereocenters. The maximum atomic E-state index is 12.4. The van der Waals surface area contributed by atoms with Crippen molar-refractivity contribution in [2.45, 2.75) is 30.6 Å². The maximum Gasteiger partial charge on any atom is 0.232 e. The summed E-state index contributed by atoms with van der Waals surface area (Å²) in [7, 11) is 0. The zero-order valence-electron chi connectivity index (χ0n) is 13.9. The normalized spacial score (nSPS) is 15.5. The molecule has 0 radical (unpaired) electrons. The SMILES string of the molecule is Cc1ccccc1SCC(=O)N1CCC(c2ccc(O)cc2)CC1. The molecule has 0 saturated carbocycles. The highest BCUT2D eigenvalue weighted by atomic mass is 32.2. The van der Waals surface area contributed by atoms with Crippen LogP contribution in [-0.2, 0) is 4.79 Å². The number of likely N-dealkylation sites (tertiary alicyclic amines) is 1. The molecule has 2 aromatic carbocycles. The van der Waals surface area contributed by atoms with Gasteiger partial charge in [0.05, 0.1) is 5.75 Å². The van der Waals surface area contributed by atoms with Gasteiger partial charge in [-0.2, -0.15) is 0 Å². The molecule has 4 heteroatoms. The largest absolute Gasteiger partial charge is 0.508 e. The van der Waals surface area contributed by atoms with Crippen LogP contribution in [0, 0.1) is 6.92 Å². The topological polar surface area (TPSA) is 40.5 Å². The molecule has 1 aliphatic rings. The second kappa shape index (κ2) is 7.75. The summed E-state index contributed by atoms with van der Waals surface area (Å²) in [6, 6.07) is 15.7. The quantitative estimate of drug-likeness (QED) is 0.847. The number of phenolic OH excluding ortho intramolecular Hbond substituents is 1. The van der Waals surface area contributed by atoms with Crippen LogP contribution in [0.25, 0.3) is 0 Å². The zero-order valence-corrected chi connectivity index (χ0v) is 14.8. The van der Waals surface area contributed by atoms with Gasteiger partial charge in [-0.1, -0.05) is 30.3 Å². The first-order valence-corrected chi connectivity index (χ1v) is 9.37. The highest BCUT2D eigenvalue weighted by Crippen LogP contribution is 2.30. The van der Waals surface area contributed by atoms with E-state index in [4.69, 9.17) is 0 Å². The molecule has 1 aliphatic heterocycles. The molecule has 0 aromatic heterocycles. The molecular weight excluding hydrogens is 318 g/mol. The number of hydrogen-bond acceptors (Lipinski definition) is 3. The number of amides is 1. The Morgan fingerprint density at radius 3 is 2.46 bits per heavy atom. The van der Waals surface area contributed by atoms with Gasteiger partial charge in [0.25, 0.3) is 0 Å². The minimum atomic E-state index is 0.229. The summed E-state index contributed by atoms with van der Waals surface area (Å²) in [6.07, 6.45) is 1.98. The second-order valence-electron chi connectivity index (χ2n) is 6.30. The second-order valence-corrected chi connectivity index (χ2v) is 7.32. The summed E-state index contributed by atoms with van der Waals surface area (Å²) >= 11 is 1.63. The number of phenols is 1. The lowest BCUT2D eigenvalue weighted by Gasteiger charge is -2.32. The van der Waals surface area contributed by atoms with Gasteiger partial charge in [-0.25, -0.2) is 0 Å². The van der Waals surface area contributed by atoms with E-state index in [1.807, 2.05) is 29.2 Å². The highest BCUT2D eigenvalue weighted by Gasteiger charge is 2.23. The van der Waals surface area contributed by atoms with Gasteiger partial charge >= 0.3 is 0 Å². The third-order valence-corrected chi connectivity index (χ3v) is 5.82. The molecule has 2 aromatic rings. The molecule has 3 nitrogen and oxygen atoms in total. The monoisotopic (exact) mass is 341 g/mol. The Morgan fingerprint density at radius 1 is 1.12 bits per heavy atom. The third-order valence-electron chi connectivity index (χ3n) is 4.66. The van der Waals surface area contributed by atoms with Crippen LogP contribution >= 0.6 is 11.8 Å². The van der Waals surface area contributed by atoms with E-state index in [1.165, 1.54) is 16.0 Å². The standard InChI is InChI=1S/C20H23NO2S/c1-15-4-2-3-5-19(15)24-14-20(23)21-12-10-17(11-13-21)16-6-8-18(22)9-7-16/h2-9,17,22H,10-14H2,1H3. The Bertz CT molecular complexity index is 691. The molecule has 1 amide bonds. The molecule has 24 heavy (non-hydrogen) atoms. The fourth-order valence-electron chi connectivity index (χ4n) is 3.16. The molecule has 1 saturated heterocycles. The van der Waals surface area contributed by atoms with Gasteiger partial charge < -0.3 is 10.0 Å². The first-order valence-electron chi connectivity index (χ1n) is 8.38. The number of nitrogens with zero attached hydrogens (tertiary/aromatic N) is 1. The van der Waals surface area contributed by atoms with Crippen molar-refractivity contribution in [2.24, 2.45) is 0 Å². The van der Waals surface area contributed by atoms with Crippen LogP contribution in [-0.4, -0.2) is 34.8 Å². The Morgan fingerprint density at radius 2 is 1.79 bits per heavy atom. The molecule has 3 rings (SSSR count). The van der Waals surface area contributed by atoms with E-state index < -0.39 is 0 Å². The fraction of sp³-hybridized carbons (Fsp3) is 0.350. The molecule has 0 aliphatic carbocycles. The number of aryl methyl sites for hydroxylation is 1. The summed E-state index contributed by atoms with van der Waals surface area (Å²) in [4.78, 5) is 15.6. The number of carbonyl (C=O) groups is 1. The molecule has 126 valence electrons. The van der Waals surface area contributed by atoms with Gasteiger partial charge in [-0.15, -0.1) is 11.8 Å². The average molecular weight is 341 g/mol. The van der Waals surface area contributed by atoms with Crippen molar-refractivity contribution in [3.8, 4) is 5.75 Å². The zero-order chi connectivity index (χ0) is 16.9. The number of benzene rings is 2.